The third-order valence-electron chi connectivity index (χ3n) is 5.60. The summed E-state index contributed by atoms with van der Waals surface area (Å²) in [6, 6.07) is 16.5. The SMILES string of the molecule is CC(C)CC(C(=O)NN1C(=O)CNC1=O)[C@@H](Cc1ccccc1-c1ccccc1)C(=O)NO. The van der Waals surface area contributed by atoms with Crippen LogP contribution in [-0.4, -0.2) is 40.5 Å². The number of rotatable bonds is 9. The fourth-order valence-electron chi connectivity index (χ4n) is 4.03. The molecule has 1 fully saturated rings. The van der Waals surface area contributed by atoms with E-state index in [0.29, 0.717) is 11.4 Å². The van der Waals surface area contributed by atoms with Gasteiger partial charge in [-0.3, -0.25) is 25.0 Å². The Hall–Kier alpha value is -3.72. The molecule has 1 saturated heterocycles. The topological polar surface area (TPSA) is 128 Å². The molecule has 9 heteroatoms. The van der Waals surface area contributed by atoms with Crippen molar-refractivity contribution in [2.75, 3.05) is 6.54 Å². The Balaban J connectivity index is 1.94. The molecule has 1 heterocycles. The number of hydrogen-bond donors (Lipinski definition) is 4. The minimum absolute atomic E-state index is 0.0298. The summed E-state index contributed by atoms with van der Waals surface area (Å²) < 4.78 is 0. The first-order chi connectivity index (χ1) is 15.8. The Morgan fingerprint density at radius 2 is 1.67 bits per heavy atom. The van der Waals surface area contributed by atoms with Crippen molar-refractivity contribution in [2.45, 2.75) is 26.7 Å². The molecule has 9 nitrogen and oxygen atoms in total. The lowest BCUT2D eigenvalue weighted by atomic mass is 9.79. The zero-order chi connectivity index (χ0) is 24.0. The van der Waals surface area contributed by atoms with Crippen molar-refractivity contribution in [3.8, 4) is 11.1 Å². The van der Waals surface area contributed by atoms with E-state index in [4.69, 9.17) is 0 Å². The summed E-state index contributed by atoms with van der Waals surface area (Å²) in [5, 5.41) is 12.4. The molecule has 0 saturated carbocycles. The van der Waals surface area contributed by atoms with E-state index in [1.165, 1.54) is 0 Å². The molecule has 5 amide bonds. The van der Waals surface area contributed by atoms with Crippen LogP contribution in [0.3, 0.4) is 0 Å². The molecule has 3 rings (SSSR count). The molecule has 0 spiro atoms. The van der Waals surface area contributed by atoms with E-state index in [-0.39, 0.29) is 18.9 Å². The van der Waals surface area contributed by atoms with Gasteiger partial charge in [0.25, 0.3) is 5.91 Å². The molecule has 33 heavy (non-hydrogen) atoms. The van der Waals surface area contributed by atoms with Crippen LogP contribution in [0, 0.1) is 17.8 Å². The Morgan fingerprint density at radius 3 is 2.27 bits per heavy atom. The first-order valence-corrected chi connectivity index (χ1v) is 10.8. The van der Waals surface area contributed by atoms with Crippen molar-refractivity contribution < 1.29 is 24.4 Å². The molecule has 1 aliphatic heterocycles. The van der Waals surface area contributed by atoms with Crippen molar-refractivity contribution in [1.82, 2.24) is 21.2 Å². The van der Waals surface area contributed by atoms with Gasteiger partial charge in [-0.15, -0.1) is 0 Å². The highest BCUT2D eigenvalue weighted by atomic mass is 16.5. The fourth-order valence-corrected chi connectivity index (χ4v) is 4.03. The minimum atomic E-state index is -0.942. The van der Waals surface area contributed by atoms with Crippen LogP contribution in [0.15, 0.2) is 54.6 Å². The number of nitrogens with zero attached hydrogens (tertiary/aromatic N) is 1. The maximum absolute atomic E-state index is 13.2. The first kappa shape index (κ1) is 23.9. The Bertz CT molecular complexity index is 1010. The highest BCUT2D eigenvalue weighted by Gasteiger charge is 2.38. The van der Waals surface area contributed by atoms with Crippen LogP contribution in [0.25, 0.3) is 11.1 Å². The number of hydrogen-bond acceptors (Lipinski definition) is 5. The van der Waals surface area contributed by atoms with Crippen molar-refractivity contribution in [1.29, 1.82) is 0 Å². The summed E-state index contributed by atoms with van der Waals surface area (Å²) in [5.41, 5.74) is 6.73. The van der Waals surface area contributed by atoms with Crippen LogP contribution in [0.4, 0.5) is 4.79 Å². The number of hydroxylamine groups is 1. The van der Waals surface area contributed by atoms with Gasteiger partial charge in [0.1, 0.15) is 6.54 Å². The third-order valence-corrected chi connectivity index (χ3v) is 5.60. The molecule has 0 aromatic heterocycles. The zero-order valence-electron chi connectivity index (χ0n) is 18.6. The molecule has 1 unspecified atom stereocenters. The zero-order valence-corrected chi connectivity index (χ0v) is 18.6. The average Bonchev–Trinajstić information content (AvgIpc) is 3.13. The van der Waals surface area contributed by atoms with Crippen molar-refractivity contribution >= 4 is 23.8 Å². The molecule has 2 atom stereocenters. The highest BCUT2D eigenvalue weighted by Crippen LogP contribution is 2.30. The quantitative estimate of drug-likeness (QED) is 0.264. The predicted octanol–water partition coefficient (Wildman–Crippen LogP) is 2.26. The van der Waals surface area contributed by atoms with E-state index in [1.54, 1.807) is 5.48 Å². The summed E-state index contributed by atoms with van der Waals surface area (Å²) in [5.74, 6) is -3.75. The number of carbonyl (C=O) groups is 4. The summed E-state index contributed by atoms with van der Waals surface area (Å²) in [6.45, 7) is 3.60. The van der Waals surface area contributed by atoms with Gasteiger partial charge in [0.05, 0.1) is 11.8 Å². The van der Waals surface area contributed by atoms with E-state index >= 15 is 0 Å². The van der Waals surface area contributed by atoms with Gasteiger partial charge < -0.3 is 5.32 Å². The number of nitrogens with one attached hydrogen (secondary N) is 3. The van der Waals surface area contributed by atoms with Crippen LogP contribution < -0.4 is 16.2 Å². The maximum Gasteiger partial charge on any atom is 0.343 e. The molecular weight excluding hydrogens is 424 g/mol. The van der Waals surface area contributed by atoms with E-state index in [9.17, 15) is 24.4 Å². The summed E-state index contributed by atoms with van der Waals surface area (Å²) in [7, 11) is 0. The van der Waals surface area contributed by atoms with Crippen molar-refractivity contribution in [2.24, 2.45) is 17.8 Å². The standard InChI is InChI=1S/C24H28N4O5/c1-15(2)12-19(22(30)26-28-21(29)14-25-24(28)32)20(23(31)27-33)13-17-10-6-7-11-18(17)16-8-4-3-5-9-16/h3-11,15,19-20,33H,12-14H2,1-2H3,(H,25,32)(H,26,30)(H,27,31)/t19?,20-/m1/s1. The molecule has 174 valence electrons. The van der Waals surface area contributed by atoms with Gasteiger partial charge in [0.2, 0.25) is 11.8 Å². The second-order valence-corrected chi connectivity index (χ2v) is 8.41. The lowest BCUT2D eigenvalue weighted by Gasteiger charge is -2.28. The van der Waals surface area contributed by atoms with Crippen LogP contribution in [0.2, 0.25) is 0 Å². The smallest absolute Gasteiger partial charge is 0.327 e. The number of benzene rings is 2. The lowest BCUT2D eigenvalue weighted by Crippen LogP contribution is -2.51. The Kier molecular flexibility index (Phi) is 7.78. The summed E-state index contributed by atoms with van der Waals surface area (Å²) in [4.78, 5) is 49.7. The van der Waals surface area contributed by atoms with Gasteiger partial charge in [-0.05, 0) is 35.4 Å². The predicted molar refractivity (Wildman–Crippen MR) is 120 cm³/mol. The molecular formula is C24H28N4O5. The van der Waals surface area contributed by atoms with E-state index in [0.717, 1.165) is 16.7 Å². The molecule has 0 bridgehead atoms. The average molecular weight is 453 g/mol. The number of urea groups is 1. The van der Waals surface area contributed by atoms with E-state index < -0.39 is 35.6 Å². The Labute approximate surface area is 192 Å². The monoisotopic (exact) mass is 452 g/mol. The molecule has 1 aliphatic rings. The molecule has 0 aliphatic carbocycles. The Morgan fingerprint density at radius 1 is 1.00 bits per heavy atom. The van der Waals surface area contributed by atoms with Gasteiger partial charge in [-0.25, -0.2) is 10.3 Å². The summed E-state index contributed by atoms with van der Waals surface area (Å²) >= 11 is 0. The maximum atomic E-state index is 13.2. The molecule has 0 radical (unpaired) electrons. The van der Waals surface area contributed by atoms with E-state index in [2.05, 4.69) is 10.7 Å². The fraction of sp³-hybridized carbons (Fsp3) is 0.333. The number of hydrazine groups is 1. The normalized spacial score (nSPS) is 15.2. The van der Waals surface area contributed by atoms with Crippen LogP contribution in [0.1, 0.15) is 25.8 Å². The van der Waals surface area contributed by atoms with E-state index in [1.807, 2.05) is 68.4 Å². The highest BCUT2D eigenvalue weighted by molar-refractivity contribution is 6.03. The van der Waals surface area contributed by atoms with Crippen LogP contribution in [-0.2, 0) is 20.8 Å². The van der Waals surface area contributed by atoms with Gasteiger partial charge >= 0.3 is 6.03 Å². The first-order valence-electron chi connectivity index (χ1n) is 10.8. The molecule has 2 aromatic rings. The number of imide groups is 1. The minimum Gasteiger partial charge on any atom is -0.327 e. The van der Waals surface area contributed by atoms with Crippen LogP contribution in [0.5, 0.6) is 0 Å². The third kappa shape index (κ3) is 5.75. The van der Waals surface area contributed by atoms with Gasteiger partial charge in [-0.1, -0.05) is 68.4 Å². The largest absolute Gasteiger partial charge is 0.343 e. The lowest BCUT2D eigenvalue weighted by molar-refractivity contribution is -0.144. The van der Waals surface area contributed by atoms with Crippen molar-refractivity contribution in [3.05, 3.63) is 60.2 Å². The number of carbonyl (C=O) groups excluding carboxylic acids is 4. The second-order valence-electron chi connectivity index (χ2n) is 8.41. The molecule has 4 N–H and O–H groups in total. The molecule has 2 aromatic carbocycles. The van der Waals surface area contributed by atoms with Gasteiger partial charge in [-0.2, -0.15) is 5.01 Å². The van der Waals surface area contributed by atoms with Gasteiger partial charge in [0, 0.05) is 0 Å². The summed E-state index contributed by atoms with van der Waals surface area (Å²) in [6.07, 6.45) is 0.476. The second kappa shape index (κ2) is 10.7. The van der Waals surface area contributed by atoms with Crippen LogP contribution >= 0.6 is 0 Å². The number of amides is 5. The van der Waals surface area contributed by atoms with Crippen molar-refractivity contribution in [3.63, 3.8) is 0 Å². The van der Waals surface area contributed by atoms with Gasteiger partial charge in [0.15, 0.2) is 0 Å².